The molecule has 2 aromatic rings. The van der Waals surface area contributed by atoms with Crippen molar-refractivity contribution in [3.63, 3.8) is 0 Å². The molecule has 0 aliphatic heterocycles. The highest BCUT2D eigenvalue weighted by Gasteiger charge is 2.28. The smallest absolute Gasteiger partial charge is 0.337 e. The molecule has 2 aromatic carbocycles. The number of benzene rings is 2. The lowest BCUT2D eigenvalue weighted by Gasteiger charge is -2.27. The molecule has 1 aliphatic rings. The number of anilines is 1. The zero-order chi connectivity index (χ0) is 22.4. The summed E-state index contributed by atoms with van der Waals surface area (Å²) in [4.78, 5) is 36.0. The summed E-state index contributed by atoms with van der Waals surface area (Å²) in [6.45, 7) is 2.19. The van der Waals surface area contributed by atoms with E-state index in [1.165, 1.54) is 12.1 Å². The Kier molecular flexibility index (Phi) is 7.68. The summed E-state index contributed by atoms with van der Waals surface area (Å²) < 4.78 is 11.7. The van der Waals surface area contributed by atoms with Gasteiger partial charge in [-0.3, -0.25) is 9.59 Å². The molecule has 164 valence electrons. The van der Waals surface area contributed by atoms with Crippen LogP contribution in [0.5, 0.6) is 5.75 Å². The highest BCUT2D eigenvalue weighted by atomic mass is 79.9. The van der Waals surface area contributed by atoms with Gasteiger partial charge >= 0.3 is 11.9 Å². The minimum atomic E-state index is -1.13. The van der Waals surface area contributed by atoms with Gasteiger partial charge < -0.3 is 19.9 Å². The molecule has 0 heterocycles. The number of esters is 1. The van der Waals surface area contributed by atoms with Crippen molar-refractivity contribution < 1.29 is 29.0 Å². The summed E-state index contributed by atoms with van der Waals surface area (Å²) in [6.07, 6.45) is 2.87. The number of carbonyl (C=O) groups excluding carboxylic acids is 2. The molecule has 1 saturated carbocycles. The van der Waals surface area contributed by atoms with Gasteiger partial charge in [-0.05, 0) is 69.0 Å². The number of hydrogen-bond acceptors (Lipinski definition) is 5. The van der Waals surface area contributed by atoms with E-state index in [9.17, 15) is 19.5 Å². The topological polar surface area (TPSA) is 102 Å². The van der Waals surface area contributed by atoms with Crippen LogP contribution in [0.15, 0.2) is 46.9 Å². The quantitative estimate of drug-likeness (QED) is 0.536. The van der Waals surface area contributed by atoms with Crippen LogP contribution in [-0.4, -0.2) is 35.7 Å². The van der Waals surface area contributed by atoms with Crippen LogP contribution in [0.1, 0.15) is 53.3 Å². The predicted octanol–water partition coefficient (Wildman–Crippen LogP) is 4.90. The maximum atomic E-state index is 12.7. The van der Waals surface area contributed by atoms with Crippen LogP contribution in [0.2, 0.25) is 0 Å². The lowest BCUT2D eigenvalue weighted by atomic mass is 9.87. The van der Waals surface area contributed by atoms with Gasteiger partial charge in [0.05, 0.1) is 29.9 Å². The Morgan fingerprint density at radius 2 is 1.84 bits per heavy atom. The molecule has 1 aliphatic carbocycles. The molecular weight excluding hydrogens is 466 g/mol. The lowest BCUT2D eigenvalue weighted by Crippen LogP contribution is -2.29. The molecule has 1 fully saturated rings. The molecule has 7 nitrogen and oxygen atoms in total. The van der Waals surface area contributed by atoms with Crippen molar-refractivity contribution in [3.05, 3.63) is 58.1 Å². The van der Waals surface area contributed by atoms with Crippen molar-refractivity contribution in [2.45, 2.75) is 38.7 Å². The minimum absolute atomic E-state index is 0.00603. The van der Waals surface area contributed by atoms with E-state index < -0.39 is 11.9 Å². The van der Waals surface area contributed by atoms with Crippen LogP contribution in [0.3, 0.4) is 0 Å². The molecule has 0 bridgehead atoms. The molecule has 31 heavy (non-hydrogen) atoms. The number of nitrogens with one attached hydrogen (secondary N) is 1. The first-order valence-electron chi connectivity index (χ1n) is 10.1. The molecule has 0 spiro atoms. The van der Waals surface area contributed by atoms with E-state index in [2.05, 4.69) is 21.2 Å². The van der Waals surface area contributed by atoms with Crippen molar-refractivity contribution in [2.24, 2.45) is 5.92 Å². The van der Waals surface area contributed by atoms with Crippen molar-refractivity contribution in [1.82, 2.24) is 0 Å². The zero-order valence-corrected chi connectivity index (χ0v) is 18.7. The molecule has 0 aromatic heterocycles. The number of carboxylic acids is 1. The maximum Gasteiger partial charge on any atom is 0.337 e. The van der Waals surface area contributed by atoms with Gasteiger partial charge in [0.15, 0.2) is 0 Å². The van der Waals surface area contributed by atoms with Gasteiger partial charge in [0.25, 0.3) is 5.91 Å². The summed E-state index contributed by atoms with van der Waals surface area (Å²) in [7, 11) is 0. The minimum Gasteiger partial charge on any atom is -0.490 e. The van der Waals surface area contributed by atoms with Gasteiger partial charge in [0.2, 0.25) is 0 Å². The van der Waals surface area contributed by atoms with Gasteiger partial charge in [0, 0.05) is 10.0 Å². The van der Waals surface area contributed by atoms with Crippen molar-refractivity contribution >= 4 is 39.5 Å². The average Bonchev–Trinajstić information content (AvgIpc) is 2.75. The third-order valence-corrected chi connectivity index (χ3v) is 5.65. The number of carboxylic acid groups (broad SMARTS) is 1. The van der Waals surface area contributed by atoms with Gasteiger partial charge in [0.1, 0.15) is 5.75 Å². The zero-order valence-electron chi connectivity index (χ0n) is 17.1. The molecular formula is C23H24BrNO6. The summed E-state index contributed by atoms with van der Waals surface area (Å²) in [6, 6.07) is 11.4. The van der Waals surface area contributed by atoms with Crippen molar-refractivity contribution in [1.29, 1.82) is 0 Å². The SMILES string of the molecule is CCOC(=O)C1CCC(Oc2cccc(C(=O)Nc3ccc(Br)cc3C(=O)O)c2)CC1. The number of aromatic carboxylic acids is 1. The second-order valence-corrected chi connectivity index (χ2v) is 8.24. The number of ether oxygens (including phenoxy) is 2. The third kappa shape index (κ3) is 6.07. The normalized spacial score (nSPS) is 18.1. The Morgan fingerprint density at radius 1 is 1.10 bits per heavy atom. The van der Waals surface area contributed by atoms with E-state index >= 15 is 0 Å². The van der Waals surface area contributed by atoms with Gasteiger partial charge in [-0.15, -0.1) is 0 Å². The Morgan fingerprint density at radius 3 is 2.52 bits per heavy atom. The Bertz CT molecular complexity index is 968. The maximum absolute atomic E-state index is 12.7. The summed E-state index contributed by atoms with van der Waals surface area (Å²) in [5, 5.41) is 12.0. The Labute approximate surface area is 188 Å². The van der Waals surface area contributed by atoms with E-state index in [1.54, 1.807) is 37.3 Å². The number of amides is 1. The largest absolute Gasteiger partial charge is 0.490 e. The van der Waals surface area contributed by atoms with E-state index in [0.717, 1.165) is 12.8 Å². The summed E-state index contributed by atoms with van der Waals surface area (Å²) in [5.41, 5.74) is 0.565. The van der Waals surface area contributed by atoms with Crippen LogP contribution in [0.4, 0.5) is 5.69 Å². The first kappa shape index (κ1) is 22.8. The van der Waals surface area contributed by atoms with Crippen LogP contribution in [0, 0.1) is 5.92 Å². The summed E-state index contributed by atoms with van der Waals surface area (Å²) in [5.74, 6) is -1.23. The first-order valence-corrected chi connectivity index (χ1v) is 10.9. The Hall–Kier alpha value is -2.87. The van der Waals surface area contributed by atoms with Crippen LogP contribution in [-0.2, 0) is 9.53 Å². The lowest BCUT2D eigenvalue weighted by molar-refractivity contribution is -0.149. The monoisotopic (exact) mass is 489 g/mol. The second-order valence-electron chi connectivity index (χ2n) is 7.32. The van der Waals surface area contributed by atoms with Crippen molar-refractivity contribution in [2.75, 3.05) is 11.9 Å². The molecule has 0 radical (unpaired) electrons. The highest BCUT2D eigenvalue weighted by Crippen LogP contribution is 2.29. The molecule has 1 amide bonds. The predicted molar refractivity (Wildman–Crippen MR) is 119 cm³/mol. The molecule has 0 atom stereocenters. The standard InChI is InChI=1S/C23H24BrNO6/c1-2-30-23(29)14-6-9-17(10-7-14)31-18-5-3-4-15(12-18)21(26)25-20-11-8-16(24)13-19(20)22(27)28/h3-5,8,11-14,17H,2,6-7,9-10H2,1H3,(H,25,26)(H,27,28). The van der Waals surface area contributed by atoms with E-state index in [4.69, 9.17) is 9.47 Å². The van der Waals surface area contributed by atoms with Gasteiger partial charge in [-0.25, -0.2) is 4.79 Å². The van der Waals surface area contributed by atoms with E-state index in [1.807, 2.05) is 0 Å². The van der Waals surface area contributed by atoms with Crippen LogP contribution >= 0.6 is 15.9 Å². The number of rotatable bonds is 7. The third-order valence-electron chi connectivity index (χ3n) is 5.15. The van der Waals surface area contributed by atoms with Crippen LogP contribution in [0.25, 0.3) is 0 Å². The fourth-order valence-electron chi connectivity index (χ4n) is 3.58. The molecule has 0 unspecified atom stereocenters. The summed E-state index contributed by atoms with van der Waals surface area (Å²) >= 11 is 3.23. The molecule has 3 rings (SSSR count). The fourth-order valence-corrected chi connectivity index (χ4v) is 3.94. The Balaban J connectivity index is 1.63. The number of hydrogen-bond donors (Lipinski definition) is 2. The molecule has 2 N–H and O–H groups in total. The second kappa shape index (κ2) is 10.4. The van der Waals surface area contributed by atoms with Gasteiger partial charge in [-0.2, -0.15) is 0 Å². The van der Waals surface area contributed by atoms with Gasteiger partial charge in [-0.1, -0.05) is 22.0 Å². The van der Waals surface area contributed by atoms with E-state index in [-0.39, 0.29) is 29.2 Å². The number of halogens is 1. The van der Waals surface area contributed by atoms with E-state index in [0.29, 0.717) is 35.2 Å². The fraction of sp³-hybridized carbons (Fsp3) is 0.348. The average molecular weight is 490 g/mol. The molecule has 8 heteroatoms. The first-order chi connectivity index (χ1) is 14.9. The number of carbonyl (C=O) groups is 3. The van der Waals surface area contributed by atoms with Crippen LogP contribution < -0.4 is 10.1 Å². The highest BCUT2D eigenvalue weighted by molar-refractivity contribution is 9.10. The van der Waals surface area contributed by atoms with Crippen molar-refractivity contribution in [3.8, 4) is 5.75 Å². The molecule has 0 saturated heterocycles.